The van der Waals surface area contributed by atoms with Crippen LogP contribution in [0.5, 0.6) is 0 Å². The lowest BCUT2D eigenvalue weighted by atomic mass is 10.1. The third kappa shape index (κ3) is 5.07. The lowest BCUT2D eigenvalue weighted by Gasteiger charge is -2.09. The van der Waals surface area contributed by atoms with E-state index in [-0.39, 0.29) is 17.9 Å². The predicted molar refractivity (Wildman–Crippen MR) is 86.9 cm³/mol. The van der Waals surface area contributed by atoms with Gasteiger partial charge in [-0.2, -0.15) is 0 Å². The summed E-state index contributed by atoms with van der Waals surface area (Å²) in [5.41, 5.74) is 1.24. The number of benzene rings is 2. The van der Waals surface area contributed by atoms with Crippen molar-refractivity contribution in [2.75, 3.05) is 11.8 Å². The first kappa shape index (κ1) is 17.0. The first-order valence-electron chi connectivity index (χ1n) is 6.93. The summed E-state index contributed by atoms with van der Waals surface area (Å²) in [6.45, 7) is 0. The van der Waals surface area contributed by atoms with Crippen molar-refractivity contribution in [3.63, 3.8) is 0 Å². The Hall–Kier alpha value is -2.41. The van der Waals surface area contributed by atoms with Crippen LogP contribution in [0.2, 0.25) is 0 Å². The number of carbonyl (C=O) groups excluding carboxylic acids is 1. The quantitative estimate of drug-likeness (QED) is 0.848. The van der Waals surface area contributed by atoms with E-state index >= 15 is 0 Å². The highest BCUT2D eigenvalue weighted by Crippen LogP contribution is 2.16. The first-order chi connectivity index (χ1) is 10.9. The van der Waals surface area contributed by atoms with Gasteiger partial charge in [0.15, 0.2) is 0 Å². The maximum atomic E-state index is 13.5. The van der Waals surface area contributed by atoms with Crippen LogP contribution in [-0.4, -0.2) is 21.4 Å². The second kappa shape index (κ2) is 7.23. The molecule has 0 saturated carbocycles. The Morgan fingerprint density at radius 2 is 1.74 bits per heavy atom. The van der Waals surface area contributed by atoms with E-state index in [0.29, 0.717) is 5.69 Å². The molecule has 0 saturated heterocycles. The molecule has 2 rings (SSSR count). The zero-order valence-corrected chi connectivity index (χ0v) is 13.4. The first-order valence-corrected chi connectivity index (χ1v) is 8.58. The number of halogens is 1. The molecule has 2 N–H and O–H groups in total. The summed E-state index contributed by atoms with van der Waals surface area (Å²) < 4.78 is 40.1. The normalized spacial score (nSPS) is 11.0. The molecule has 0 aliphatic carbocycles. The zero-order valence-electron chi connectivity index (χ0n) is 12.5. The molecule has 0 atom stereocenters. The third-order valence-electron chi connectivity index (χ3n) is 3.17. The van der Waals surface area contributed by atoms with Gasteiger partial charge >= 0.3 is 0 Å². The Morgan fingerprint density at radius 1 is 1.09 bits per heavy atom. The van der Waals surface area contributed by atoms with Gasteiger partial charge in [0, 0.05) is 18.3 Å². The highest BCUT2D eigenvalue weighted by Gasteiger charge is 2.14. The van der Waals surface area contributed by atoms with Crippen molar-refractivity contribution in [2.24, 2.45) is 0 Å². The van der Waals surface area contributed by atoms with E-state index in [4.69, 9.17) is 0 Å². The van der Waals surface area contributed by atoms with Crippen LogP contribution in [0.4, 0.5) is 10.1 Å². The van der Waals surface area contributed by atoms with E-state index in [1.54, 1.807) is 37.4 Å². The molecule has 0 spiro atoms. The third-order valence-corrected chi connectivity index (χ3v) is 4.41. The maximum absolute atomic E-state index is 13.5. The fourth-order valence-electron chi connectivity index (χ4n) is 2.00. The van der Waals surface area contributed by atoms with Crippen LogP contribution >= 0.6 is 0 Å². The molecule has 0 radical (unpaired) electrons. The van der Waals surface area contributed by atoms with Crippen LogP contribution in [0.3, 0.4) is 0 Å². The number of hydrogen-bond acceptors (Lipinski definition) is 3. The van der Waals surface area contributed by atoms with Crippen molar-refractivity contribution < 1.29 is 17.6 Å². The average molecular weight is 336 g/mol. The van der Waals surface area contributed by atoms with Crippen LogP contribution in [0, 0.1) is 5.82 Å². The fourth-order valence-corrected chi connectivity index (χ4v) is 3.21. The van der Waals surface area contributed by atoms with Crippen molar-refractivity contribution >= 4 is 21.6 Å². The topological polar surface area (TPSA) is 75.3 Å². The molecule has 0 heterocycles. The van der Waals surface area contributed by atoms with Crippen LogP contribution in [0.15, 0.2) is 48.5 Å². The fraction of sp³-hybridized carbons (Fsp3) is 0.188. The summed E-state index contributed by atoms with van der Waals surface area (Å²) in [6.07, 6.45) is 0.221. The number of anilines is 1. The van der Waals surface area contributed by atoms with Gasteiger partial charge in [0.25, 0.3) is 0 Å². The van der Waals surface area contributed by atoms with Crippen molar-refractivity contribution in [3.8, 4) is 0 Å². The zero-order chi connectivity index (χ0) is 16.9. The second-order valence-electron chi connectivity index (χ2n) is 5.00. The largest absolute Gasteiger partial charge is 0.359 e. The number of amides is 1. The summed E-state index contributed by atoms with van der Waals surface area (Å²) in [7, 11) is -2.17. The molecule has 2 aromatic rings. The van der Waals surface area contributed by atoms with Gasteiger partial charge in [0.2, 0.25) is 15.9 Å². The summed E-state index contributed by atoms with van der Waals surface area (Å²) in [5.74, 6) is -1.13. The van der Waals surface area contributed by atoms with Gasteiger partial charge in [-0.3, -0.25) is 9.52 Å². The van der Waals surface area contributed by atoms with Crippen LogP contribution in [-0.2, 0) is 27.0 Å². The molecule has 0 aromatic heterocycles. The van der Waals surface area contributed by atoms with Crippen LogP contribution in [0.25, 0.3) is 0 Å². The van der Waals surface area contributed by atoms with E-state index in [0.717, 1.165) is 5.56 Å². The minimum Gasteiger partial charge on any atom is -0.359 e. The summed E-state index contributed by atoms with van der Waals surface area (Å²) in [5, 5.41) is 2.51. The summed E-state index contributed by atoms with van der Waals surface area (Å²) in [6, 6.07) is 12.2. The van der Waals surface area contributed by atoms with E-state index in [1.807, 2.05) is 0 Å². The van der Waals surface area contributed by atoms with Crippen LogP contribution in [0.1, 0.15) is 11.1 Å². The Kier molecular flexibility index (Phi) is 5.33. The summed E-state index contributed by atoms with van der Waals surface area (Å²) in [4.78, 5) is 11.3. The second-order valence-corrected chi connectivity index (χ2v) is 6.72. The number of nitrogens with one attached hydrogen (secondary N) is 2. The number of sulfonamides is 1. The van der Waals surface area contributed by atoms with Gasteiger partial charge in [-0.05, 0) is 23.8 Å². The van der Waals surface area contributed by atoms with Gasteiger partial charge in [-0.15, -0.1) is 0 Å². The number of carbonyl (C=O) groups is 1. The molecule has 2 aromatic carbocycles. The molecule has 5 nitrogen and oxygen atoms in total. The van der Waals surface area contributed by atoms with Gasteiger partial charge in [0.1, 0.15) is 5.82 Å². The smallest absolute Gasteiger partial charge is 0.237 e. The standard InChI is InChI=1S/C16H17FN2O3S/c1-18-16(20)10-12-6-8-14(9-7-12)19-23(21,22)11-13-4-2-3-5-15(13)17/h2-9,19H,10-11H2,1H3,(H,18,20). The Morgan fingerprint density at radius 3 is 2.35 bits per heavy atom. The highest BCUT2D eigenvalue weighted by molar-refractivity contribution is 7.91. The highest BCUT2D eigenvalue weighted by atomic mass is 32.2. The van der Waals surface area contributed by atoms with E-state index in [9.17, 15) is 17.6 Å². The number of rotatable bonds is 6. The van der Waals surface area contributed by atoms with Gasteiger partial charge in [-0.1, -0.05) is 30.3 Å². The van der Waals surface area contributed by atoms with E-state index in [1.165, 1.54) is 18.2 Å². The van der Waals surface area contributed by atoms with Gasteiger partial charge in [0.05, 0.1) is 12.2 Å². The molecule has 23 heavy (non-hydrogen) atoms. The Labute approximate surface area is 134 Å². The average Bonchev–Trinajstić information content (AvgIpc) is 2.51. The minimum atomic E-state index is -3.72. The van der Waals surface area contributed by atoms with E-state index < -0.39 is 21.6 Å². The van der Waals surface area contributed by atoms with Crippen molar-refractivity contribution in [2.45, 2.75) is 12.2 Å². The van der Waals surface area contributed by atoms with E-state index in [2.05, 4.69) is 10.0 Å². The number of hydrogen-bond donors (Lipinski definition) is 2. The predicted octanol–water partition coefficient (Wildman–Crippen LogP) is 2.06. The summed E-state index contributed by atoms with van der Waals surface area (Å²) >= 11 is 0. The van der Waals surface area contributed by atoms with Crippen molar-refractivity contribution in [1.82, 2.24) is 5.32 Å². The Balaban J connectivity index is 2.06. The molecule has 0 aliphatic heterocycles. The molecule has 0 bridgehead atoms. The van der Waals surface area contributed by atoms with Crippen LogP contribution < -0.4 is 10.0 Å². The molecule has 0 aliphatic rings. The lowest BCUT2D eigenvalue weighted by molar-refractivity contribution is -0.119. The monoisotopic (exact) mass is 336 g/mol. The Bertz CT molecular complexity index is 789. The molecule has 1 amide bonds. The van der Waals surface area contributed by atoms with Gasteiger partial charge < -0.3 is 5.32 Å². The molecule has 122 valence electrons. The number of likely N-dealkylation sites (N-methyl/N-ethyl adjacent to an activating group) is 1. The molecule has 0 fully saturated rings. The molecule has 0 unspecified atom stereocenters. The molecule has 7 heteroatoms. The maximum Gasteiger partial charge on any atom is 0.237 e. The van der Waals surface area contributed by atoms with Gasteiger partial charge in [-0.25, -0.2) is 12.8 Å². The molecular weight excluding hydrogens is 319 g/mol. The lowest BCUT2D eigenvalue weighted by Crippen LogP contribution is -2.20. The molecular formula is C16H17FN2O3S. The minimum absolute atomic E-state index is 0.108. The van der Waals surface area contributed by atoms with Crippen molar-refractivity contribution in [3.05, 3.63) is 65.5 Å². The SMILES string of the molecule is CNC(=O)Cc1ccc(NS(=O)(=O)Cc2ccccc2F)cc1. The van der Waals surface area contributed by atoms with Crippen molar-refractivity contribution in [1.29, 1.82) is 0 Å².